The van der Waals surface area contributed by atoms with Gasteiger partial charge in [-0.2, -0.15) is 0 Å². The van der Waals surface area contributed by atoms with Crippen molar-refractivity contribution in [2.75, 3.05) is 13.1 Å². The second-order valence-electron chi connectivity index (χ2n) is 5.69. The van der Waals surface area contributed by atoms with Crippen molar-refractivity contribution in [3.63, 3.8) is 0 Å². The van der Waals surface area contributed by atoms with Crippen LogP contribution in [0, 0.1) is 11.2 Å². The van der Waals surface area contributed by atoms with Gasteiger partial charge in [0, 0.05) is 11.0 Å². The monoisotopic (exact) mass is 343 g/mol. The number of nitrogens with one attached hydrogen (secondary N) is 1. The van der Waals surface area contributed by atoms with Gasteiger partial charge in [0.15, 0.2) is 0 Å². The van der Waals surface area contributed by atoms with Crippen LogP contribution in [0.15, 0.2) is 22.7 Å². The lowest BCUT2D eigenvalue weighted by molar-refractivity contribution is 0.230. The molecule has 0 spiro atoms. The molecule has 1 N–H and O–H groups in total. The maximum absolute atomic E-state index is 13.6. The largest absolute Gasteiger partial charge is 0.316 e. The molecule has 0 aliphatic rings. The molecule has 0 heterocycles. The highest BCUT2D eigenvalue weighted by atomic mass is 79.9. The predicted octanol–water partition coefficient (Wildman–Crippen LogP) is 5.33. The van der Waals surface area contributed by atoms with Crippen LogP contribution in [0.5, 0.6) is 0 Å². The average molecular weight is 344 g/mol. The summed E-state index contributed by atoms with van der Waals surface area (Å²) in [4.78, 5) is 0. The van der Waals surface area contributed by atoms with E-state index < -0.39 is 0 Å². The molecule has 0 radical (unpaired) electrons. The zero-order chi connectivity index (χ0) is 15.0. The molecule has 1 nitrogen and oxygen atoms in total. The van der Waals surface area contributed by atoms with E-state index in [1.54, 1.807) is 6.07 Å². The molecular weight excluding hydrogens is 317 g/mol. The smallest absolute Gasteiger partial charge is 0.124 e. The minimum Gasteiger partial charge on any atom is -0.316 e. The Morgan fingerprint density at radius 1 is 1.20 bits per heavy atom. The lowest BCUT2D eigenvalue weighted by Crippen LogP contribution is -2.36. The second-order valence-corrected chi connectivity index (χ2v) is 6.61. The van der Waals surface area contributed by atoms with Crippen LogP contribution in [-0.2, 0) is 6.42 Å². The highest BCUT2D eigenvalue weighted by Gasteiger charge is 2.27. The first-order chi connectivity index (χ1) is 9.55. The normalized spacial score (nSPS) is 14.2. The van der Waals surface area contributed by atoms with Gasteiger partial charge in [0.05, 0.1) is 0 Å². The van der Waals surface area contributed by atoms with Crippen LogP contribution >= 0.6 is 15.9 Å². The fourth-order valence-corrected chi connectivity index (χ4v) is 3.27. The Morgan fingerprint density at radius 2 is 1.95 bits per heavy atom. The van der Waals surface area contributed by atoms with Crippen LogP contribution < -0.4 is 5.32 Å². The molecule has 114 valence electrons. The predicted molar refractivity (Wildman–Crippen MR) is 88.6 cm³/mol. The molecule has 0 aliphatic carbocycles. The first kappa shape index (κ1) is 17.6. The molecular formula is C17H27BrFN. The first-order valence-corrected chi connectivity index (χ1v) is 8.50. The maximum atomic E-state index is 13.6. The van der Waals surface area contributed by atoms with E-state index in [-0.39, 0.29) is 11.2 Å². The van der Waals surface area contributed by atoms with Crippen LogP contribution in [-0.4, -0.2) is 13.1 Å². The summed E-state index contributed by atoms with van der Waals surface area (Å²) in [5.41, 5.74) is 1.33. The summed E-state index contributed by atoms with van der Waals surface area (Å²) in [5, 5.41) is 3.49. The van der Waals surface area contributed by atoms with Gasteiger partial charge in [-0.15, -0.1) is 0 Å². The minimum atomic E-state index is -0.154. The van der Waals surface area contributed by atoms with Gasteiger partial charge in [-0.05, 0) is 55.0 Å². The highest BCUT2D eigenvalue weighted by Crippen LogP contribution is 2.33. The summed E-state index contributed by atoms with van der Waals surface area (Å²) in [7, 11) is 0. The van der Waals surface area contributed by atoms with E-state index in [9.17, 15) is 4.39 Å². The summed E-state index contributed by atoms with van der Waals surface area (Å²) >= 11 is 3.39. The molecule has 0 amide bonds. The molecule has 0 saturated carbocycles. The second kappa shape index (κ2) is 8.78. The fraction of sp³-hybridized carbons (Fsp3) is 0.647. The summed E-state index contributed by atoms with van der Waals surface area (Å²) in [6.07, 6.45) is 5.69. The number of unbranched alkanes of at least 4 members (excludes halogenated alkanes) is 1. The van der Waals surface area contributed by atoms with Gasteiger partial charge < -0.3 is 5.32 Å². The van der Waals surface area contributed by atoms with Crippen molar-refractivity contribution in [3.8, 4) is 0 Å². The molecule has 0 saturated heterocycles. The first-order valence-electron chi connectivity index (χ1n) is 7.71. The zero-order valence-corrected chi connectivity index (χ0v) is 14.5. The molecule has 0 bridgehead atoms. The van der Waals surface area contributed by atoms with E-state index in [0.29, 0.717) is 0 Å². The minimum absolute atomic E-state index is 0.154. The summed E-state index contributed by atoms with van der Waals surface area (Å²) in [5.74, 6) is -0.154. The van der Waals surface area contributed by atoms with Crippen molar-refractivity contribution in [3.05, 3.63) is 34.1 Å². The van der Waals surface area contributed by atoms with Gasteiger partial charge in [0.2, 0.25) is 0 Å². The quantitative estimate of drug-likeness (QED) is 0.639. The Morgan fingerprint density at radius 3 is 2.50 bits per heavy atom. The molecule has 1 rings (SSSR count). The Kier molecular flexibility index (Phi) is 7.75. The molecule has 0 aliphatic heterocycles. The van der Waals surface area contributed by atoms with Crippen molar-refractivity contribution in [2.45, 2.75) is 52.9 Å². The van der Waals surface area contributed by atoms with Crippen molar-refractivity contribution < 1.29 is 4.39 Å². The van der Waals surface area contributed by atoms with E-state index in [1.165, 1.54) is 25.3 Å². The van der Waals surface area contributed by atoms with Gasteiger partial charge in [-0.25, -0.2) is 4.39 Å². The molecule has 0 fully saturated rings. The Hall–Kier alpha value is -0.410. The summed E-state index contributed by atoms with van der Waals surface area (Å²) < 4.78 is 14.4. The average Bonchev–Trinajstić information content (AvgIpc) is 2.41. The van der Waals surface area contributed by atoms with E-state index >= 15 is 0 Å². The molecule has 1 aromatic rings. The lowest BCUT2D eigenvalue weighted by atomic mass is 9.75. The fourth-order valence-electron chi connectivity index (χ4n) is 2.75. The molecule has 1 atom stereocenters. The third-order valence-electron chi connectivity index (χ3n) is 4.06. The molecule has 3 heteroatoms. The number of hydrogen-bond acceptors (Lipinski definition) is 1. The van der Waals surface area contributed by atoms with Crippen LogP contribution in [0.2, 0.25) is 0 Å². The number of benzene rings is 1. The van der Waals surface area contributed by atoms with Crippen molar-refractivity contribution in [2.24, 2.45) is 5.41 Å². The topological polar surface area (TPSA) is 12.0 Å². The van der Waals surface area contributed by atoms with Crippen LogP contribution in [0.25, 0.3) is 0 Å². The van der Waals surface area contributed by atoms with Gasteiger partial charge in [0.1, 0.15) is 5.82 Å². The summed E-state index contributed by atoms with van der Waals surface area (Å²) in [6, 6.07) is 5.24. The Balaban J connectivity index is 2.90. The van der Waals surface area contributed by atoms with Crippen molar-refractivity contribution in [1.82, 2.24) is 5.32 Å². The van der Waals surface area contributed by atoms with Gasteiger partial charge in [-0.3, -0.25) is 0 Å². The maximum Gasteiger partial charge on any atom is 0.124 e. The lowest BCUT2D eigenvalue weighted by Gasteiger charge is -2.33. The third-order valence-corrected chi connectivity index (χ3v) is 4.52. The van der Waals surface area contributed by atoms with Gasteiger partial charge in [-0.1, -0.05) is 49.5 Å². The highest BCUT2D eigenvalue weighted by molar-refractivity contribution is 9.10. The van der Waals surface area contributed by atoms with E-state index in [0.717, 1.165) is 36.0 Å². The zero-order valence-electron chi connectivity index (χ0n) is 12.9. The molecule has 1 aromatic carbocycles. The third kappa shape index (κ3) is 5.53. The van der Waals surface area contributed by atoms with Gasteiger partial charge >= 0.3 is 0 Å². The SMILES string of the molecule is CCCCC(CC)(CNCC)Cc1cc(F)cc(Br)c1. The Bertz CT molecular complexity index is 378. The van der Waals surface area contributed by atoms with Crippen molar-refractivity contribution >= 4 is 15.9 Å². The standard InChI is InChI=1S/C17H27BrFN/c1-4-7-8-17(5-2,13-20-6-3)12-14-9-15(18)11-16(19)10-14/h9-11,20H,4-8,12-13H2,1-3H3. The number of rotatable bonds is 9. The molecule has 1 unspecified atom stereocenters. The van der Waals surface area contributed by atoms with E-state index in [4.69, 9.17) is 0 Å². The van der Waals surface area contributed by atoms with Crippen LogP contribution in [0.4, 0.5) is 4.39 Å². The van der Waals surface area contributed by atoms with Crippen LogP contribution in [0.3, 0.4) is 0 Å². The molecule has 0 aromatic heterocycles. The van der Waals surface area contributed by atoms with E-state index in [1.807, 2.05) is 6.07 Å². The van der Waals surface area contributed by atoms with Crippen molar-refractivity contribution in [1.29, 1.82) is 0 Å². The van der Waals surface area contributed by atoms with Gasteiger partial charge in [0.25, 0.3) is 0 Å². The Labute approximate surface area is 131 Å². The molecule has 20 heavy (non-hydrogen) atoms. The van der Waals surface area contributed by atoms with E-state index in [2.05, 4.69) is 42.0 Å². The summed E-state index contributed by atoms with van der Waals surface area (Å²) in [6.45, 7) is 8.61. The number of halogens is 2. The van der Waals surface area contributed by atoms with Crippen LogP contribution in [0.1, 0.15) is 52.0 Å². The number of hydrogen-bond donors (Lipinski definition) is 1.